The van der Waals surface area contributed by atoms with Gasteiger partial charge in [-0.2, -0.15) is 0 Å². The summed E-state index contributed by atoms with van der Waals surface area (Å²) < 4.78 is 0. The standard InChI is InChI=1S/C12H14Cl2N2O/c1-16(2)11(17)15-12(3-4-12)8-5-9(13)7-10(14)6-8/h5-7H,3-4H2,1-2H3,(H,15,17). The number of carbonyl (C=O) groups is 1. The highest BCUT2D eigenvalue weighted by Gasteiger charge is 2.46. The zero-order valence-electron chi connectivity index (χ0n) is 9.76. The molecule has 2 amide bonds. The molecule has 2 rings (SSSR count). The van der Waals surface area contributed by atoms with Gasteiger partial charge in [0.05, 0.1) is 5.54 Å². The van der Waals surface area contributed by atoms with Gasteiger partial charge in [0, 0.05) is 24.1 Å². The molecule has 1 fully saturated rings. The fourth-order valence-corrected chi connectivity index (χ4v) is 2.28. The Morgan fingerprint density at radius 3 is 2.18 bits per heavy atom. The van der Waals surface area contributed by atoms with Crippen molar-refractivity contribution in [1.82, 2.24) is 10.2 Å². The summed E-state index contributed by atoms with van der Waals surface area (Å²) in [6, 6.07) is 5.31. The highest BCUT2D eigenvalue weighted by Crippen LogP contribution is 2.46. The summed E-state index contributed by atoms with van der Waals surface area (Å²) >= 11 is 12.0. The summed E-state index contributed by atoms with van der Waals surface area (Å²) in [7, 11) is 3.44. The second kappa shape index (κ2) is 4.39. The number of carbonyl (C=O) groups excluding carboxylic acids is 1. The Kier molecular flexibility index (Phi) is 3.23. The van der Waals surface area contributed by atoms with Crippen LogP contribution in [0, 0.1) is 0 Å². The average molecular weight is 273 g/mol. The minimum atomic E-state index is -0.282. The van der Waals surface area contributed by atoms with Crippen molar-refractivity contribution >= 4 is 29.2 Å². The van der Waals surface area contributed by atoms with Crippen molar-refractivity contribution in [2.24, 2.45) is 0 Å². The molecule has 0 bridgehead atoms. The zero-order chi connectivity index (χ0) is 12.6. The van der Waals surface area contributed by atoms with Crippen LogP contribution >= 0.6 is 23.2 Å². The van der Waals surface area contributed by atoms with Gasteiger partial charge in [0.15, 0.2) is 0 Å². The number of hydrogen-bond acceptors (Lipinski definition) is 1. The molecule has 1 aliphatic rings. The van der Waals surface area contributed by atoms with Crippen LogP contribution in [0.25, 0.3) is 0 Å². The van der Waals surface area contributed by atoms with E-state index in [-0.39, 0.29) is 11.6 Å². The van der Waals surface area contributed by atoms with Crippen molar-refractivity contribution in [3.8, 4) is 0 Å². The summed E-state index contributed by atoms with van der Waals surface area (Å²) in [5, 5.41) is 4.20. The topological polar surface area (TPSA) is 32.3 Å². The van der Waals surface area contributed by atoms with E-state index in [1.807, 2.05) is 12.1 Å². The molecule has 1 aromatic rings. The third kappa shape index (κ3) is 2.67. The number of halogens is 2. The van der Waals surface area contributed by atoms with Crippen molar-refractivity contribution in [3.63, 3.8) is 0 Å². The Labute approximate surface area is 111 Å². The molecule has 1 aliphatic carbocycles. The van der Waals surface area contributed by atoms with Gasteiger partial charge in [0.2, 0.25) is 0 Å². The highest BCUT2D eigenvalue weighted by atomic mass is 35.5. The first kappa shape index (κ1) is 12.5. The maximum absolute atomic E-state index is 11.7. The smallest absolute Gasteiger partial charge is 0.317 e. The van der Waals surface area contributed by atoms with Crippen LogP contribution < -0.4 is 5.32 Å². The normalized spacial score (nSPS) is 16.5. The summed E-state index contributed by atoms with van der Waals surface area (Å²) in [4.78, 5) is 13.2. The van der Waals surface area contributed by atoms with Gasteiger partial charge in [-0.25, -0.2) is 4.79 Å². The molecule has 1 N–H and O–H groups in total. The molecule has 0 atom stereocenters. The van der Waals surface area contributed by atoms with Gasteiger partial charge < -0.3 is 10.2 Å². The lowest BCUT2D eigenvalue weighted by atomic mass is 10.1. The molecule has 0 aliphatic heterocycles. The fraction of sp³-hybridized carbons (Fsp3) is 0.417. The molecule has 0 spiro atoms. The van der Waals surface area contributed by atoms with E-state index >= 15 is 0 Å². The van der Waals surface area contributed by atoms with Crippen LogP contribution in [0.15, 0.2) is 18.2 Å². The van der Waals surface area contributed by atoms with Crippen LogP contribution in [-0.4, -0.2) is 25.0 Å². The number of urea groups is 1. The van der Waals surface area contributed by atoms with Crippen molar-refractivity contribution in [2.45, 2.75) is 18.4 Å². The first-order valence-corrected chi connectivity index (χ1v) is 6.15. The Balaban J connectivity index is 2.24. The number of rotatable bonds is 2. The molecule has 0 heterocycles. The van der Waals surface area contributed by atoms with E-state index in [0.717, 1.165) is 18.4 Å². The molecule has 1 saturated carbocycles. The monoisotopic (exact) mass is 272 g/mol. The first-order chi connectivity index (χ1) is 7.93. The summed E-state index contributed by atoms with van der Waals surface area (Å²) in [5.41, 5.74) is 0.695. The van der Waals surface area contributed by atoms with E-state index in [4.69, 9.17) is 23.2 Å². The largest absolute Gasteiger partial charge is 0.331 e. The Morgan fingerprint density at radius 1 is 1.24 bits per heavy atom. The van der Waals surface area contributed by atoms with Crippen LogP contribution in [0.2, 0.25) is 10.0 Å². The molecular formula is C12H14Cl2N2O. The molecular weight excluding hydrogens is 259 g/mol. The average Bonchev–Trinajstić information content (AvgIpc) is 2.97. The van der Waals surface area contributed by atoms with Crippen LogP contribution in [0.3, 0.4) is 0 Å². The lowest BCUT2D eigenvalue weighted by Gasteiger charge is -2.21. The van der Waals surface area contributed by atoms with Gasteiger partial charge in [-0.3, -0.25) is 0 Å². The number of benzene rings is 1. The SMILES string of the molecule is CN(C)C(=O)NC1(c2cc(Cl)cc(Cl)c2)CC1. The van der Waals surface area contributed by atoms with E-state index in [1.165, 1.54) is 4.90 Å². The van der Waals surface area contributed by atoms with Crippen LogP contribution in [0.4, 0.5) is 4.79 Å². The van der Waals surface area contributed by atoms with E-state index in [9.17, 15) is 4.79 Å². The van der Waals surface area contributed by atoms with E-state index in [1.54, 1.807) is 20.2 Å². The number of nitrogens with one attached hydrogen (secondary N) is 1. The summed E-state index contributed by atoms with van der Waals surface area (Å²) in [6.45, 7) is 0. The fourth-order valence-electron chi connectivity index (χ4n) is 1.76. The van der Waals surface area contributed by atoms with Gasteiger partial charge in [-0.1, -0.05) is 23.2 Å². The van der Waals surface area contributed by atoms with Crippen molar-refractivity contribution in [1.29, 1.82) is 0 Å². The second-order valence-electron chi connectivity index (χ2n) is 4.56. The predicted molar refractivity (Wildman–Crippen MR) is 69.6 cm³/mol. The van der Waals surface area contributed by atoms with Gasteiger partial charge in [-0.05, 0) is 36.6 Å². The van der Waals surface area contributed by atoms with Gasteiger partial charge in [-0.15, -0.1) is 0 Å². The molecule has 92 valence electrons. The first-order valence-electron chi connectivity index (χ1n) is 5.39. The van der Waals surface area contributed by atoms with Crippen molar-refractivity contribution in [3.05, 3.63) is 33.8 Å². The Hall–Kier alpha value is -0.930. The van der Waals surface area contributed by atoms with Gasteiger partial charge in [0.25, 0.3) is 0 Å². The quantitative estimate of drug-likeness (QED) is 0.881. The lowest BCUT2D eigenvalue weighted by molar-refractivity contribution is 0.211. The second-order valence-corrected chi connectivity index (χ2v) is 5.44. The van der Waals surface area contributed by atoms with E-state index in [2.05, 4.69) is 5.32 Å². The van der Waals surface area contributed by atoms with Gasteiger partial charge >= 0.3 is 6.03 Å². The third-order valence-electron chi connectivity index (χ3n) is 2.92. The van der Waals surface area contributed by atoms with E-state index in [0.29, 0.717) is 10.0 Å². The zero-order valence-corrected chi connectivity index (χ0v) is 11.3. The molecule has 0 aromatic heterocycles. The van der Waals surface area contributed by atoms with Gasteiger partial charge in [0.1, 0.15) is 0 Å². The lowest BCUT2D eigenvalue weighted by Crippen LogP contribution is -2.41. The van der Waals surface area contributed by atoms with Crippen molar-refractivity contribution < 1.29 is 4.79 Å². The predicted octanol–water partition coefficient (Wildman–Crippen LogP) is 3.25. The number of amides is 2. The Morgan fingerprint density at radius 2 is 1.76 bits per heavy atom. The highest BCUT2D eigenvalue weighted by molar-refractivity contribution is 6.34. The van der Waals surface area contributed by atoms with Crippen LogP contribution in [0.5, 0.6) is 0 Å². The molecule has 17 heavy (non-hydrogen) atoms. The van der Waals surface area contributed by atoms with Crippen molar-refractivity contribution in [2.75, 3.05) is 14.1 Å². The summed E-state index contributed by atoms with van der Waals surface area (Å²) in [5.74, 6) is 0. The molecule has 0 radical (unpaired) electrons. The number of hydrogen-bond donors (Lipinski definition) is 1. The Bertz CT molecular complexity index is 436. The maximum atomic E-state index is 11.7. The van der Waals surface area contributed by atoms with Crippen LogP contribution in [-0.2, 0) is 5.54 Å². The number of nitrogens with zero attached hydrogens (tertiary/aromatic N) is 1. The maximum Gasteiger partial charge on any atom is 0.317 e. The van der Waals surface area contributed by atoms with E-state index < -0.39 is 0 Å². The summed E-state index contributed by atoms with van der Waals surface area (Å²) in [6.07, 6.45) is 1.84. The molecule has 0 unspecified atom stereocenters. The molecule has 3 nitrogen and oxygen atoms in total. The molecule has 5 heteroatoms. The third-order valence-corrected chi connectivity index (χ3v) is 3.35. The minimum absolute atomic E-state index is 0.0985. The molecule has 0 saturated heterocycles. The minimum Gasteiger partial charge on any atom is -0.331 e. The molecule has 1 aromatic carbocycles. The van der Waals surface area contributed by atoms with Crippen LogP contribution in [0.1, 0.15) is 18.4 Å².